The number of aromatic nitrogens is 2. The predicted molar refractivity (Wildman–Crippen MR) is 114 cm³/mol. The summed E-state index contributed by atoms with van der Waals surface area (Å²) in [4.78, 5) is 4.88. The minimum Gasteiger partial charge on any atom is -0.399 e. The number of imidazole rings is 1. The number of para-hydroxylation sites is 2. The molecule has 0 radical (unpaired) electrons. The second-order valence-corrected chi connectivity index (χ2v) is 8.08. The third kappa shape index (κ3) is 3.45. The van der Waals surface area contributed by atoms with Gasteiger partial charge in [0, 0.05) is 17.8 Å². The Morgan fingerprint density at radius 2 is 1.63 bits per heavy atom. The van der Waals surface area contributed by atoms with Crippen LogP contribution in [0.2, 0.25) is 0 Å². The van der Waals surface area contributed by atoms with Gasteiger partial charge in [-0.15, -0.1) is 0 Å². The maximum Gasteiger partial charge on any atom is 0.141 e. The molecule has 0 saturated heterocycles. The van der Waals surface area contributed by atoms with E-state index in [0.29, 0.717) is 0 Å². The van der Waals surface area contributed by atoms with Gasteiger partial charge in [0.05, 0.1) is 11.0 Å². The van der Waals surface area contributed by atoms with Crippen LogP contribution in [0.1, 0.15) is 31.9 Å². The van der Waals surface area contributed by atoms with Gasteiger partial charge < -0.3 is 10.3 Å². The lowest BCUT2D eigenvalue weighted by Crippen LogP contribution is -2.11. The Balaban J connectivity index is 1.79. The van der Waals surface area contributed by atoms with Crippen LogP contribution < -0.4 is 5.73 Å². The Hall–Kier alpha value is -3.07. The smallest absolute Gasteiger partial charge is 0.141 e. The maximum atomic E-state index is 6.01. The van der Waals surface area contributed by atoms with Crippen LogP contribution in [-0.2, 0) is 12.0 Å². The Morgan fingerprint density at radius 1 is 0.889 bits per heavy atom. The van der Waals surface area contributed by atoms with Crippen molar-refractivity contribution in [2.75, 3.05) is 5.73 Å². The van der Waals surface area contributed by atoms with E-state index < -0.39 is 0 Å². The van der Waals surface area contributed by atoms with Crippen LogP contribution in [0.3, 0.4) is 0 Å². The van der Waals surface area contributed by atoms with E-state index in [9.17, 15) is 0 Å². The van der Waals surface area contributed by atoms with Gasteiger partial charge in [-0.05, 0) is 40.8 Å². The van der Waals surface area contributed by atoms with Crippen molar-refractivity contribution in [3.8, 4) is 11.4 Å². The summed E-state index contributed by atoms with van der Waals surface area (Å²) in [7, 11) is 0. The molecule has 27 heavy (non-hydrogen) atoms. The van der Waals surface area contributed by atoms with Crippen molar-refractivity contribution in [1.82, 2.24) is 9.55 Å². The van der Waals surface area contributed by atoms with Crippen LogP contribution in [-0.4, -0.2) is 9.55 Å². The highest BCUT2D eigenvalue weighted by Gasteiger charge is 2.15. The van der Waals surface area contributed by atoms with Crippen LogP contribution in [0.15, 0.2) is 72.8 Å². The number of benzene rings is 3. The van der Waals surface area contributed by atoms with E-state index in [1.807, 2.05) is 24.3 Å². The highest BCUT2D eigenvalue weighted by atomic mass is 15.1. The number of nitrogen functional groups attached to an aromatic ring is 1. The molecule has 3 aromatic carbocycles. The zero-order valence-electron chi connectivity index (χ0n) is 16.1. The molecule has 0 atom stereocenters. The standard InChI is InChI=1S/C24H25N3/c1-24(2,3)19-13-11-17(12-14-19)16-27-22-10-5-4-9-21(22)26-23(27)18-7-6-8-20(25)15-18/h4-15H,16,25H2,1-3H3. The summed E-state index contributed by atoms with van der Waals surface area (Å²) in [6.45, 7) is 7.49. The Kier molecular flexibility index (Phi) is 4.23. The fourth-order valence-corrected chi connectivity index (χ4v) is 3.43. The minimum atomic E-state index is 0.160. The average molecular weight is 355 g/mol. The van der Waals surface area contributed by atoms with E-state index in [1.54, 1.807) is 0 Å². The number of anilines is 1. The van der Waals surface area contributed by atoms with Gasteiger partial charge in [-0.3, -0.25) is 0 Å². The zero-order chi connectivity index (χ0) is 19.0. The third-order valence-electron chi connectivity index (χ3n) is 4.96. The highest BCUT2D eigenvalue weighted by molar-refractivity contribution is 5.81. The van der Waals surface area contributed by atoms with Gasteiger partial charge >= 0.3 is 0 Å². The molecule has 0 aliphatic carbocycles. The Labute approximate surface area is 160 Å². The first kappa shape index (κ1) is 17.3. The van der Waals surface area contributed by atoms with Gasteiger partial charge in [0.1, 0.15) is 5.82 Å². The summed E-state index contributed by atoms with van der Waals surface area (Å²) in [5, 5.41) is 0. The first-order valence-electron chi connectivity index (χ1n) is 9.32. The van der Waals surface area contributed by atoms with E-state index in [-0.39, 0.29) is 5.41 Å². The Morgan fingerprint density at radius 3 is 2.33 bits per heavy atom. The summed E-state index contributed by atoms with van der Waals surface area (Å²) in [6.07, 6.45) is 0. The molecule has 0 spiro atoms. The molecule has 0 aliphatic heterocycles. The maximum absolute atomic E-state index is 6.01. The van der Waals surface area contributed by atoms with Crippen molar-refractivity contribution in [1.29, 1.82) is 0 Å². The van der Waals surface area contributed by atoms with Crippen molar-refractivity contribution in [2.24, 2.45) is 0 Å². The van der Waals surface area contributed by atoms with Crippen LogP contribution >= 0.6 is 0 Å². The van der Waals surface area contributed by atoms with Crippen LogP contribution in [0.25, 0.3) is 22.4 Å². The van der Waals surface area contributed by atoms with Crippen LogP contribution in [0, 0.1) is 0 Å². The molecule has 4 rings (SSSR count). The quantitative estimate of drug-likeness (QED) is 0.484. The van der Waals surface area contributed by atoms with Gasteiger partial charge in [0.2, 0.25) is 0 Å². The largest absolute Gasteiger partial charge is 0.399 e. The Bertz CT molecular complexity index is 1080. The molecule has 2 N–H and O–H groups in total. The molecular formula is C24H25N3. The summed E-state index contributed by atoms with van der Waals surface area (Å²) in [5.41, 5.74) is 12.7. The lowest BCUT2D eigenvalue weighted by atomic mass is 9.87. The van der Waals surface area contributed by atoms with Crippen molar-refractivity contribution in [3.63, 3.8) is 0 Å². The summed E-state index contributed by atoms with van der Waals surface area (Å²) in [5.74, 6) is 0.948. The topological polar surface area (TPSA) is 43.8 Å². The lowest BCUT2D eigenvalue weighted by molar-refractivity contribution is 0.590. The normalized spacial score (nSPS) is 11.8. The first-order valence-corrected chi connectivity index (χ1v) is 9.32. The molecule has 0 bridgehead atoms. The van der Waals surface area contributed by atoms with Gasteiger partial charge in [-0.25, -0.2) is 4.98 Å². The third-order valence-corrected chi connectivity index (χ3v) is 4.96. The van der Waals surface area contributed by atoms with Crippen molar-refractivity contribution >= 4 is 16.7 Å². The van der Waals surface area contributed by atoms with Gasteiger partial charge in [-0.1, -0.05) is 69.3 Å². The number of hydrogen-bond acceptors (Lipinski definition) is 2. The molecule has 4 aromatic rings. The molecule has 3 nitrogen and oxygen atoms in total. The van der Waals surface area contributed by atoms with E-state index in [2.05, 4.69) is 73.9 Å². The number of fused-ring (bicyclic) bond motifs is 1. The average Bonchev–Trinajstić information content (AvgIpc) is 3.00. The highest BCUT2D eigenvalue weighted by Crippen LogP contribution is 2.28. The molecule has 1 heterocycles. The van der Waals surface area contributed by atoms with Gasteiger partial charge in [-0.2, -0.15) is 0 Å². The molecule has 0 amide bonds. The zero-order valence-corrected chi connectivity index (χ0v) is 16.1. The fraction of sp³-hybridized carbons (Fsp3) is 0.208. The van der Waals surface area contributed by atoms with Gasteiger partial charge in [0.25, 0.3) is 0 Å². The molecule has 0 fully saturated rings. The molecule has 0 aliphatic rings. The molecule has 0 unspecified atom stereocenters. The van der Waals surface area contributed by atoms with E-state index in [4.69, 9.17) is 10.7 Å². The molecule has 1 aromatic heterocycles. The monoisotopic (exact) mass is 355 g/mol. The van der Waals surface area contributed by atoms with Gasteiger partial charge in [0.15, 0.2) is 0 Å². The van der Waals surface area contributed by atoms with Crippen molar-refractivity contribution in [3.05, 3.63) is 83.9 Å². The second kappa shape index (κ2) is 6.58. The van der Waals surface area contributed by atoms with Crippen molar-refractivity contribution in [2.45, 2.75) is 32.7 Å². The number of rotatable bonds is 3. The minimum absolute atomic E-state index is 0.160. The number of hydrogen-bond donors (Lipinski definition) is 1. The lowest BCUT2D eigenvalue weighted by Gasteiger charge is -2.19. The SMILES string of the molecule is CC(C)(C)c1ccc(Cn2c(-c3cccc(N)c3)nc3ccccc32)cc1. The summed E-state index contributed by atoms with van der Waals surface area (Å²) >= 11 is 0. The molecule has 0 saturated carbocycles. The van der Waals surface area contributed by atoms with Crippen LogP contribution in [0.5, 0.6) is 0 Å². The first-order chi connectivity index (χ1) is 12.9. The summed E-state index contributed by atoms with van der Waals surface area (Å²) < 4.78 is 2.27. The van der Waals surface area contributed by atoms with Crippen LogP contribution in [0.4, 0.5) is 5.69 Å². The van der Waals surface area contributed by atoms with E-state index in [1.165, 1.54) is 11.1 Å². The number of nitrogens with two attached hydrogens (primary N) is 1. The van der Waals surface area contributed by atoms with Crippen molar-refractivity contribution < 1.29 is 0 Å². The predicted octanol–water partition coefficient (Wildman–Crippen LogP) is 5.63. The molecule has 136 valence electrons. The second-order valence-electron chi connectivity index (χ2n) is 8.08. The number of nitrogens with zero attached hydrogens (tertiary/aromatic N) is 2. The van der Waals surface area contributed by atoms with E-state index >= 15 is 0 Å². The molecular weight excluding hydrogens is 330 g/mol. The van der Waals surface area contributed by atoms with E-state index in [0.717, 1.165) is 34.7 Å². The summed E-state index contributed by atoms with van der Waals surface area (Å²) in [6, 6.07) is 25.1. The molecule has 3 heteroatoms. The fourth-order valence-electron chi connectivity index (χ4n) is 3.43.